The molecule has 0 saturated heterocycles. The van der Waals surface area contributed by atoms with Crippen LogP contribution in [-0.4, -0.2) is 13.0 Å². The summed E-state index contributed by atoms with van der Waals surface area (Å²) in [6.45, 7) is 11.2. The smallest absolute Gasteiger partial charge is 0.220 e. The summed E-state index contributed by atoms with van der Waals surface area (Å²) in [5.74, 6) is 0.0480. The third-order valence-electron chi connectivity index (χ3n) is 1.51. The second-order valence-electron chi connectivity index (χ2n) is 2.35. The summed E-state index contributed by atoms with van der Waals surface area (Å²) in [7, 11) is 1.63. The van der Waals surface area contributed by atoms with Gasteiger partial charge in [-0.15, -0.1) is 0 Å². The number of carbonyl (C=O) groups is 1. The van der Waals surface area contributed by atoms with Crippen molar-refractivity contribution in [2.45, 2.75) is 26.7 Å². The molecule has 1 amide bonds. The Morgan fingerprint density at radius 3 is 2.21 bits per heavy atom. The molecule has 0 radical (unpaired) electrons. The molecular weight excluding hydrogens is 174 g/mol. The zero-order valence-electron chi connectivity index (χ0n) is 9.47. The molecule has 0 fully saturated rings. The first-order chi connectivity index (χ1) is 6.74. The van der Waals surface area contributed by atoms with E-state index in [4.69, 9.17) is 0 Å². The van der Waals surface area contributed by atoms with Gasteiger partial charge in [-0.3, -0.25) is 4.79 Å². The highest BCUT2D eigenvalue weighted by Gasteiger charge is 1.97. The van der Waals surface area contributed by atoms with Gasteiger partial charge in [0.25, 0.3) is 0 Å². The predicted molar refractivity (Wildman–Crippen MR) is 63.1 cm³/mol. The van der Waals surface area contributed by atoms with Crippen molar-refractivity contribution in [1.82, 2.24) is 5.32 Å². The largest absolute Gasteiger partial charge is 0.359 e. The molecule has 0 heterocycles. The van der Waals surface area contributed by atoms with E-state index in [0.717, 1.165) is 12.0 Å². The van der Waals surface area contributed by atoms with Crippen molar-refractivity contribution < 1.29 is 4.79 Å². The van der Waals surface area contributed by atoms with Crippen LogP contribution in [0.3, 0.4) is 0 Å². The normalized spacial score (nSPS) is 9.50. The van der Waals surface area contributed by atoms with Gasteiger partial charge >= 0.3 is 0 Å². The van der Waals surface area contributed by atoms with Crippen LogP contribution >= 0.6 is 0 Å². The van der Waals surface area contributed by atoms with Crippen LogP contribution in [0.25, 0.3) is 0 Å². The molecule has 2 nitrogen and oxygen atoms in total. The molecule has 0 aromatic rings. The van der Waals surface area contributed by atoms with Crippen LogP contribution in [0.15, 0.2) is 37.0 Å². The first kappa shape index (κ1) is 15.2. The van der Waals surface area contributed by atoms with Gasteiger partial charge in [0.2, 0.25) is 5.91 Å². The summed E-state index contributed by atoms with van der Waals surface area (Å²) in [5.41, 5.74) is 1.04. The zero-order valence-corrected chi connectivity index (χ0v) is 9.47. The van der Waals surface area contributed by atoms with Crippen molar-refractivity contribution in [3.8, 4) is 0 Å². The Morgan fingerprint density at radius 1 is 1.29 bits per heavy atom. The molecule has 0 aliphatic carbocycles. The van der Waals surface area contributed by atoms with Gasteiger partial charge in [-0.25, -0.2) is 0 Å². The number of nitrogens with one attached hydrogen (secondary N) is 1. The third kappa shape index (κ3) is 8.78. The molecule has 0 aliphatic rings. The molecule has 14 heavy (non-hydrogen) atoms. The molecule has 0 spiro atoms. The number of hydrogen-bond acceptors (Lipinski definition) is 1. The molecule has 0 atom stereocenters. The number of amides is 1. The molecule has 0 aliphatic heterocycles. The summed E-state index contributed by atoms with van der Waals surface area (Å²) >= 11 is 0. The average Bonchev–Trinajstić information content (AvgIpc) is 2.26. The fourth-order valence-corrected chi connectivity index (χ4v) is 0.788. The van der Waals surface area contributed by atoms with Crippen molar-refractivity contribution in [2.24, 2.45) is 0 Å². The van der Waals surface area contributed by atoms with Crippen LogP contribution in [0.5, 0.6) is 0 Å². The summed E-state index contributed by atoms with van der Waals surface area (Å²) in [5, 5.41) is 2.56. The Balaban J connectivity index is 0. The van der Waals surface area contributed by atoms with E-state index in [1.807, 2.05) is 19.9 Å². The highest BCUT2D eigenvalue weighted by atomic mass is 16.1. The van der Waals surface area contributed by atoms with Gasteiger partial charge in [0.1, 0.15) is 0 Å². The lowest BCUT2D eigenvalue weighted by molar-refractivity contribution is -0.120. The molecule has 0 unspecified atom stereocenters. The first-order valence-corrected chi connectivity index (χ1v) is 4.89. The van der Waals surface area contributed by atoms with E-state index in [-0.39, 0.29) is 5.91 Å². The van der Waals surface area contributed by atoms with E-state index in [1.165, 1.54) is 0 Å². The minimum atomic E-state index is 0.0480. The maximum absolute atomic E-state index is 10.8. The lowest BCUT2D eigenvalue weighted by Gasteiger charge is -1.99. The summed E-state index contributed by atoms with van der Waals surface area (Å²) in [6, 6.07) is 0. The highest BCUT2D eigenvalue weighted by molar-refractivity contribution is 5.75. The standard InChI is InChI=1S/C10H15NO.C2H6/c1-4-6-9(5-2)7-8-10(12)11-3;1-2/h4-6H,1-2,7-8H2,3H3,(H,11,12);1-2H3/b9-6+;. The highest BCUT2D eigenvalue weighted by Crippen LogP contribution is 2.05. The topological polar surface area (TPSA) is 29.1 Å². The lowest BCUT2D eigenvalue weighted by atomic mass is 10.1. The van der Waals surface area contributed by atoms with Crippen molar-refractivity contribution in [3.63, 3.8) is 0 Å². The number of rotatable bonds is 5. The van der Waals surface area contributed by atoms with Crippen LogP contribution < -0.4 is 5.32 Å². The molecule has 1 N–H and O–H groups in total. The lowest BCUT2D eigenvalue weighted by Crippen LogP contribution is -2.17. The van der Waals surface area contributed by atoms with Gasteiger partial charge in [-0.2, -0.15) is 0 Å². The van der Waals surface area contributed by atoms with E-state index >= 15 is 0 Å². The molecule has 80 valence electrons. The molecule has 2 heteroatoms. The predicted octanol–water partition coefficient (Wildman–Crippen LogP) is 2.84. The second-order valence-corrected chi connectivity index (χ2v) is 2.35. The van der Waals surface area contributed by atoms with Gasteiger partial charge in [-0.05, 0) is 12.0 Å². The van der Waals surface area contributed by atoms with Crippen molar-refractivity contribution >= 4 is 5.91 Å². The molecular formula is C12H21NO. The van der Waals surface area contributed by atoms with Crippen LogP contribution in [0.4, 0.5) is 0 Å². The monoisotopic (exact) mass is 195 g/mol. The minimum Gasteiger partial charge on any atom is -0.359 e. The fraction of sp³-hybridized carbons (Fsp3) is 0.417. The van der Waals surface area contributed by atoms with Crippen LogP contribution in [0.1, 0.15) is 26.7 Å². The van der Waals surface area contributed by atoms with Gasteiger partial charge in [0.05, 0.1) is 0 Å². The van der Waals surface area contributed by atoms with Crippen LogP contribution in [-0.2, 0) is 4.79 Å². The summed E-state index contributed by atoms with van der Waals surface area (Å²) < 4.78 is 0. The number of hydrogen-bond donors (Lipinski definition) is 1. The summed E-state index contributed by atoms with van der Waals surface area (Å²) in [4.78, 5) is 10.8. The van der Waals surface area contributed by atoms with Gasteiger partial charge in [0, 0.05) is 13.5 Å². The number of allylic oxidation sites excluding steroid dienone is 4. The van der Waals surface area contributed by atoms with Gasteiger partial charge in [0.15, 0.2) is 0 Å². The fourth-order valence-electron chi connectivity index (χ4n) is 0.788. The maximum Gasteiger partial charge on any atom is 0.220 e. The Hall–Kier alpha value is -1.31. The van der Waals surface area contributed by atoms with Crippen LogP contribution in [0, 0.1) is 0 Å². The van der Waals surface area contributed by atoms with E-state index < -0.39 is 0 Å². The van der Waals surface area contributed by atoms with Gasteiger partial charge < -0.3 is 5.32 Å². The third-order valence-corrected chi connectivity index (χ3v) is 1.51. The number of carbonyl (C=O) groups excluding carboxylic acids is 1. The quantitative estimate of drug-likeness (QED) is 0.671. The Labute approximate surface area is 87.4 Å². The van der Waals surface area contributed by atoms with Crippen LogP contribution in [0.2, 0.25) is 0 Å². The average molecular weight is 195 g/mol. The Kier molecular flexibility index (Phi) is 12.7. The Bertz CT molecular complexity index is 204. The second kappa shape index (κ2) is 11.7. The van der Waals surface area contributed by atoms with Gasteiger partial charge in [-0.1, -0.05) is 45.2 Å². The van der Waals surface area contributed by atoms with Crippen molar-refractivity contribution in [1.29, 1.82) is 0 Å². The zero-order chi connectivity index (χ0) is 11.4. The molecule has 0 aromatic heterocycles. The SMILES string of the molecule is C=C/C=C(\C=C)CCC(=O)NC.CC. The maximum atomic E-state index is 10.8. The molecule has 0 saturated carbocycles. The Morgan fingerprint density at radius 2 is 1.86 bits per heavy atom. The van der Waals surface area contributed by atoms with E-state index in [0.29, 0.717) is 6.42 Å². The van der Waals surface area contributed by atoms with E-state index in [9.17, 15) is 4.79 Å². The molecule has 0 rings (SSSR count). The van der Waals surface area contributed by atoms with Crippen molar-refractivity contribution in [2.75, 3.05) is 7.05 Å². The van der Waals surface area contributed by atoms with E-state index in [2.05, 4.69) is 18.5 Å². The first-order valence-electron chi connectivity index (χ1n) is 4.89. The van der Waals surface area contributed by atoms with Crippen molar-refractivity contribution in [3.05, 3.63) is 37.0 Å². The minimum absolute atomic E-state index is 0.0480. The summed E-state index contributed by atoms with van der Waals surface area (Å²) in [6.07, 6.45) is 6.51. The molecule has 0 bridgehead atoms. The van der Waals surface area contributed by atoms with E-state index in [1.54, 1.807) is 19.2 Å². The molecule has 0 aromatic carbocycles.